The Bertz CT molecular complexity index is 339. The summed E-state index contributed by atoms with van der Waals surface area (Å²) in [6.07, 6.45) is 2.94. The van der Waals surface area contributed by atoms with E-state index in [4.69, 9.17) is 0 Å². The zero-order valence-corrected chi connectivity index (χ0v) is 10.2. The van der Waals surface area contributed by atoms with Crippen molar-refractivity contribution < 1.29 is 0 Å². The molecule has 0 radical (unpaired) electrons. The third kappa shape index (κ3) is 2.69. The number of aromatic nitrogens is 2. The minimum atomic E-state index is 0.360. The van der Waals surface area contributed by atoms with Crippen LogP contribution in [0.3, 0.4) is 0 Å². The molecule has 0 amide bonds. The minimum absolute atomic E-state index is 0.360. The van der Waals surface area contributed by atoms with E-state index in [2.05, 4.69) is 37.8 Å². The van der Waals surface area contributed by atoms with Crippen LogP contribution in [0, 0.1) is 13.8 Å². The van der Waals surface area contributed by atoms with Gasteiger partial charge in [-0.05, 0) is 33.7 Å². The zero-order chi connectivity index (χ0) is 11.4. The molecule has 0 spiro atoms. The second kappa shape index (κ2) is 5.12. The molecule has 0 aliphatic rings. The van der Waals surface area contributed by atoms with Crippen LogP contribution in [0.1, 0.15) is 36.3 Å². The molecule has 3 nitrogen and oxygen atoms in total. The van der Waals surface area contributed by atoms with Gasteiger partial charge in [0, 0.05) is 24.3 Å². The molecule has 0 saturated heterocycles. The molecule has 0 bridgehead atoms. The normalized spacial score (nSPS) is 12.8. The van der Waals surface area contributed by atoms with E-state index in [0.29, 0.717) is 6.04 Å². The van der Waals surface area contributed by atoms with Crippen molar-refractivity contribution in [2.75, 3.05) is 6.54 Å². The van der Waals surface area contributed by atoms with Crippen LogP contribution in [0.25, 0.3) is 0 Å². The highest BCUT2D eigenvalue weighted by atomic mass is 15.3. The summed E-state index contributed by atoms with van der Waals surface area (Å²) in [4.78, 5) is 0. The Balaban J connectivity index is 2.72. The van der Waals surface area contributed by atoms with Crippen molar-refractivity contribution in [3.05, 3.63) is 29.6 Å². The molecule has 0 saturated carbocycles. The van der Waals surface area contributed by atoms with Gasteiger partial charge in [-0.2, -0.15) is 5.10 Å². The van der Waals surface area contributed by atoms with Crippen molar-refractivity contribution in [3.63, 3.8) is 0 Å². The van der Waals surface area contributed by atoms with Gasteiger partial charge in [-0.25, -0.2) is 0 Å². The lowest BCUT2D eigenvalue weighted by atomic mass is 10.1. The van der Waals surface area contributed by atoms with E-state index in [-0.39, 0.29) is 0 Å². The molecule has 0 fully saturated rings. The lowest BCUT2D eigenvalue weighted by Gasteiger charge is -2.13. The summed E-state index contributed by atoms with van der Waals surface area (Å²) < 4.78 is 1.94. The highest BCUT2D eigenvalue weighted by molar-refractivity contribution is 5.27. The second-order valence-electron chi connectivity index (χ2n) is 3.96. The average molecular weight is 207 g/mol. The Morgan fingerprint density at radius 1 is 1.53 bits per heavy atom. The molecule has 1 N–H and O–H groups in total. The van der Waals surface area contributed by atoms with Gasteiger partial charge in [0.2, 0.25) is 0 Å². The van der Waals surface area contributed by atoms with E-state index >= 15 is 0 Å². The maximum absolute atomic E-state index is 4.42. The molecule has 1 heterocycles. The number of nitrogens with zero attached hydrogens (tertiary/aromatic N) is 2. The Morgan fingerprint density at radius 3 is 2.67 bits per heavy atom. The van der Waals surface area contributed by atoms with E-state index in [0.717, 1.165) is 18.7 Å². The van der Waals surface area contributed by atoms with Crippen LogP contribution in [-0.4, -0.2) is 16.3 Å². The summed E-state index contributed by atoms with van der Waals surface area (Å²) in [5.41, 5.74) is 3.68. The fraction of sp³-hybridized carbons (Fsp3) is 0.583. The van der Waals surface area contributed by atoms with Crippen LogP contribution in [0.4, 0.5) is 0 Å². The predicted octanol–water partition coefficient (Wildman–Crippen LogP) is 2.26. The number of rotatable bonds is 5. The highest BCUT2D eigenvalue weighted by Gasteiger charge is 2.14. The molecule has 84 valence electrons. The predicted molar refractivity (Wildman–Crippen MR) is 63.9 cm³/mol. The first kappa shape index (κ1) is 12.0. The van der Waals surface area contributed by atoms with Crippen LogP contribution in [0.5, 0.6) is 0 Å². The lowest BCUT2D eigenvalue weighted by Crippen LogP contribution is -2.20. The van der Waals surface area contributed by atoms with Crippen molar-refractivity contribution in [3.8, 4) is 0 Å². The third-order valence-electron chi connectivity index (χ3n) is 2.80. The van der Waals surface area contributed by atoms with E-state index in [1.54, 1.807) is 0 Å². The average Bonchev–Trinajstić information content (AvgIpc) is 2.41. The van der Waals surface area contributed by atoms with Gasteiger partial charge in [-0.15, -0.1) is 6.58 Å². The third-order valence-corrected chi connectivity index (χ3v) is 2.80. The maximum Gasteiger partial charge on any atom is 0.0644 e. The van der Waals surface area contributed by atoms with E-state index in [1.165, 1.54) is 11.3 Å². The molecule has 1 aromatic rings. The number of nitrogens with one attached hydrogen (secondary N) is 1. The summed E-state index contributed by atoms with van der Waals surface area (Å²) in [7, 11) is 1.99. The van der Waals surface area contributed by atoms with Gasteiger partial charge < -0.3 is 5.32 Å². The van der Waals surface area contributed by atoms with Crippen molar-refractivity contribution in [2.45, 2.75) is 33.2 Å². The molecule has 0 aliphatic heterocycles. The summed E-state index contributed by atoms with van der Waals surface area (Å²) in [6.45, 7) is 11.0. The Labute approximate surface area is 92.2 Å². The Morgan fingerprint density at radius 2 is 2.20 bits per heavy atom. The first-order valence-corrected chi connectivity index (χ1v) is 5.42. The minimum Gasteiger partial charge on any atom is -0.310 e. The topological polar surface area (TPSA) is 29.9 Å². The van der Waals surface area contributed by atoms with Gasteiger partial charge in [0.15, 0.2) is 0 Å². The van der Waals surface area contributed by atoms with Gasteiger partial charge in [-0.1, -0.05) is 6.08 Å². The van der Waals surface area contributed by atoms with Crippen LogP contribution in [0.15, 0.2) is 12.7 Å². The molecule has 15 heavy (non-hydrogen) atoms. The molecule has 1 rings (SSSR count). The van der Waals surface area contributed by atoms with E-state index in [9.17, 15) is 0 Å². The van der Waals surface area contributed by atoms with Gasteiger partial charge in [-0.3, -0.25) is 4.68 Å². The molecule has 3 heteroatoms. The molecule has 1 unspecified atom stereocenters. The molecular formula is C12H21N3. The summed E-state index contributed by atoms with van der Waals surface area (Å²) >= 11 is 0. The zero-order valence-electron chi connectivity index (χ0n) is 10.2. The summed E-state index contributed by atoms with van der Waals surface area (Å²) in [5, 5.41) is 7.89. The first-order valence-electron chi connectivity index (χ1n) is 5.42. The first-order chi connectivity index (χ1) is 7.07. The van der Waals surface area contributed by atoms with Crippen LogP contribution < -0.4 is 5.32 Å². The maximum atomic E-state index is 4.42. The van der Waals surface area contributed by atoms with Crippen molar-refractivity contribution in [1.29, 1.82) is 0 Å². The second-order valence-corrected chi connectivity index (χ2v) is 3.96. The van der Waals surface area contributed by atoms with Gasteiger partial charge in [0.25, 0.3) is 0 Å². The fourth-order valence-electron chi connectivity index (χ4n) is 1.92. The molecular weight excluding hydrogens is 186 g/mol. The van der Waals surface area contributed by atoms with Gasteiger partial charge in [0.05, 0.1) is 5.69 Å². The van der Waals surface area contributed by atoms with E-state index < -0.39 is 0 Å². The van der Waals surface area contributed by atoms with Crippen molar-refractivity contribution in [2.24, 2.45) is 7.05 Å². The van der Waals surface area contributed by atoms with E-state index in [1.807, 2.05) is 17.8 Å². The number of hydrogen-bond donors (Lipinski definition) is 1. The fourth-order valence-corrected chi connectivity index (χ4v) is 1.92. The molecule has 0 aliphatic carbocycles. The van der Waals surface area contributed by atoms with Crippen LogP contribution >= 0.6 is 0 Å². The monoisotopic (exact) mass is 207 g/mol. The SMILES string of the molecule is C=CCCNC(C)c1c(C)nn(C)c1C. The number of aryl methyl sites for hydroxylation is 2. The van der Waals surface area contributed by atoms with Crippen molar-refractivity contribution >= 4 is 0 Å². The lowest BCUT2D eigenvalue weighted by molar-refractivity contribution is 0.575. The smallest absolute Gasteiger partial charge is 0.0644 e. The Kier molecular flexibility index (Phi) is 4.09. The van der Waals surface area contributed by atoms with Crippen LogP contribution in [0.2, 0.25) is 0 Å². The summed E-state index contributed by atoms with van der Waals surface area (Å²) in [6, 6.07) is 0.360. The molecule has 1 aromatic heterocycles. The van der Waals surface area contributed by atoms with Crippen molar-refractivity contribution in [1.82, 2.24) is 15.1 Å². The molecule has 0 aromatic carbocycles. The summed E-state index contributed by atoms with van der Waals surface area (Å²) in [5.74, 6) is 0. The van der Waals surface area contributed by atoms with Gasteiger partial charge in [0.1, 0.15) is 0 Å². The number of hydrogen-bond acceptors (Lipinski definition) is 2. The quantitative estimate of drug-likeness (QED) is 0.593. The standard InChI is InChI=1S/C12H21N3/c1-6-7-8-13-9(2)12-10(3)14-15(5)11(12)4/h6,9,13H,1,7-8H2,2-5H3. The van der Waals surface area contributed by atoms with Gasteiger partial charge >= 0.3 is 0 Å². The molecule has 1 atom stereocenters. The Hall–Kier alpha value is -1.09. The van der Waals surface area contributed by atoms with Crippen LogP contribution in [-0.2, 0) is 7.05 Å². The largest absolute Gasteiger partial charge is 0.310 e. The highest BCUT2D eigenvalue weighted by Crippen LogP contribution is 2.20.